The highest BCUT2D eigenvalue weighted by molar-refractivity contribution is 7.91. The minimum Gasteiger partial charge on any atom is -0.249 e. The van der Waals surface area contributed by atoms with Crippen LogP contribution >= 0.6 is 11.3 Å². The Morgan fingerprint density at radius 2 is 1.97 bits per heavy atom. The van der Waals surface area contributed by atoms with Crippen LogP contribution in [-0.4, -0.2) is 33.3 Å². The highest BCUT2D eigenvalue weighted by atomic mass is 32.2. The van der Waals surface area contributed by atoms with E-state index in [1.165, 1.54) is 30.5 Å². The summed E-state index contributed by atoms with van der Waals surface area (Å²) >= 11 is 1.39. The second-order valence-electron chi connectivity index (χ2n) is 6.26. The van der Waals surface area contributed by atoms with E-state index in [2.05, 4.69) is 10.1 Å². The second-order valence-corrected chi connectivity index (χ2v) is 9.46. The average Bonchev–Trinajstić information content (AvgIpc) is 3.35. The number of hydrogen-bond donors (Lipinski definition) is 0. The summed E-state index contributed by atoms with van der Waals surface area (Å²) in [4.78, 5) is 17.4. The Bertz CT molecular complexity index is 1400. The van der Waals surface area contributed by atoms with Crippen molar-refractivity contribution in [3.8, 4) is 16.3 Å². The summed E-state index contributed by atoms with van der Waals surface area (Å²) in [7, 11) is -3.82. The van der Waals surface area contributed by atoms with E-state index in [4.69, 9.17) is 0 Å². The smallest absolute Gasteiger partial charge is 0.249 e. The van der Waals surface area contributed by atoms with Crippen LogP contribution in [0.5, 0.6) is 0 Å². The summed E-state index contributed by atoms with van der Waals surface area (Å²) in [6.45, 7) is 1.44. The van der Waals surface area contributed by atoms with Gasteiger partial charge in [0.25, 0.3) is 0 Å². The molecule has 0 fully saturated rings. The zero-order chi connectivity index (χ0) is 21.7. The Balaban J connectivity index is 1.97. The van der Waals surface area contributed by atoms with Gasteiger partial charge in [0.1, 0.15) is 4.90 Å². The predicted molar refractivity (Wildman–Crippen MR) is 105 cm³/mol. The third-order valence-corrected chi connectivity index (χ3v) is 7.05. The van der Waals surface area contributed by atoms with Gasteiger partial charge < -0.3 is 0 Å². The minimum absolute atomic E-state index is 0.0722. The number of pyridine rings is 2. The molecule has 0 N–H and O–H groups in total. The van der Waals surface area contributed by atoms with Gasteiger partial charge in [0, 0.05) is 22.8 Å². The highest BCUT2D eigenvalue weighted by Crippen LogP contribution is 2.30. The molecule has 0 radical (unpaired) electrons. The SMILES string of the molecule is CCS(=O)(=O)c1cc(-c2cccs2)cnc1-n1nc2ccc(C(F)(F)F)cn2c1=O. The standard InChI is InChI=1S/C18H13F3N4O3S2/c1-2-30(27,28)14-8-11(13-4-3-7-29-13)9-22-16(14)25-17(26)24-10-12(18(19,20)21)5-6-15(24)23-25/h3-10H,2H2,1H3. The predicted octanol–water partition coefficient (Wildman–Crippen LogP) is 3.42. The highest BCUT2D eigenvalue weighted by Gasteiger charge is 2.31. The van der Waals surface area contributed by atoms with Crippen molar-refractivity contribution in [2.75, 3.05) is 5.75 Å². The lowest BCUT2D eigenvalue weighted by Crippen LogP contribution is -2.23. The molecule has 0 aliphatic carbocycles. The molecule has 4 aromatic heterocycles. The van der Waals surface area contributed by atoms with Crippen LogP contribution in [0.1, 0.15) is 12.5 Å². The molecule has 0 atom stereocenters. The lowest BCUT2D eigenvalue weighted by Gasteiger charge is -2.09. The Hall–Kier alpha value is -2.99. The van der Waals surface area contributed by atoms with Crippen molar-refractivity contribution in [2.24, 2.45) is 0 Å². The maximum atomic E-state index is 13.0. The van der Waals surface area contributed by atoms with Gasteiger partial charge >= 0.3 is 11.9 Å². The minimum atomic E-state index is -4.65. The lowest BCUT2D eigenvalue weighted by atomic mass is 10.2. The summed E-state index contributed by atoms with van der Waals surface area (Å²) in [5, 5.41) is 5.80. The first-order valence-corrected chi connectivity index (χ1v) is 11.1. The number of nitrogens with zero attached hydrogens (tertiary/aromatic N) is 4. The fourth-order valence-corrected chi connectivity index (χ4v) is 4.58. The fraction of sp³-hybridized carbons (Fsp3) is 0.167. The van der Waals surface area contributed by atoms with Gasteiger partial charge in [-0.1, -0.05) is 13.0 Å². The molecule has 4 heterocycles. The summed E-state index contributed by atoms with van der Waals surface area (Å²) in [6.07, 6.45) is -2.63. The summed E-state index contributed by atoms with van der Waals surface area (Å²) in [6, 6.07) is 6.81. The van der Waals surface area contributed by atoms with Crippen LogP contribution in [0, 0.1) is 0 Å². The van der Waals surface area contributed by atoms with Crippen molar-refractivity contribution in [1.82, 2.24) is 19.2 Å². The van der Waals surface area contributed by atoms with Crippen LogP contribution in [-0.2, 0) is 16.0 Å². The zero-order valence-corrected chi connectivity index (χ0v) is 16.9. The number of aromatic nitrogens is 4. The van der Waals surface area contributed by atoms with E-state index in [1.54, 1.807) is 12.1 Å². The van der Waals surface area contributed by atoms with Gasteiger partial charge in [0.15, 0.2) is 21.3 Å². The van der Waals surface area contributed by atoms with Crippen LogP contribution in [0.3, 0.4) is 0 Å². The normalized spacial score (nSPS) is 12.5. The first-order chi connectivity index (χ1) is 14.1. The number of hydrogen-bond acceptors (Lipinski definition) is 6. The Morgan fingerprint density at radius 1 is 1.20 bits per heavy atom. The third kappa shape index (κ3) is 3.41. The molecule has 4 rings (SSSR count). The third-order valence-electron chi connectivity index (χ3n) is 4.40. The molecule has 0 spiro atoms. The molecule has 0 unspecified atom stereocenters. The molecule has 0 aliphatic rings. The molecule has 30 heavy (non-hydrogen) atoms. The van der Waals surface area contributed by atoms with Gasteiger partial charge in [-0.3, -0.25) is 0 Å². The maximum Gasteiger partial charge on any atom is 0.417 e. The number of halogens is 3. The van der Waals surface area contributed by atoms with E-state index in [1.807, 2.05) is 5.38 Å². The number of alkyl halides is 3. The van der Waals surface area contributed by atoms with Crippen LogP contribution in [0.4, 0.5) is 13.2 Å². The van der Waals surface area contributed by atoms with Gasteiger partial charge in [-0.05, 0) is 29.6 Å². The molecular weight excluding hydrogens is 441 g/mol. The van der Waals surface area contributed by atoms with Crippen molar-refractivity contribution in [3.63, 3.8) is 0 Å². The van der Waals surface area contributed by atoms with Crippen LogP contribution in [0.25, 0.3) is 21.9 Å². The quantitative estimate of drug-likeness (QED) is 0.472. The molecule has 12 heteroatoms. The van der Waals surface area contributed by atoms with E-state index >= 15 is 0 Å². The molecule has 0 aliphatic heterocycles. The fourth-order valence-electron chi connectivity index (χ4n) is 2.84. The van der Waals surface area contributed by atoms with Crippen LogP contribution < -0.4 is 5.69 Å². The first-order valence-electron chi connectivity index (χ1n) is 8.57. The summed E-state index contributed by atoms with van der Waals surface area (Å²) in [5.74, 6) is -0.518. The molecule has 4 aromatic rings. The maximum absolute atomic E-state index is 13.0. The van der Waals surface area contributed by atoms with Gasteiger partial charge in [-0.15, -0.1) is 16.4 Å². The summed E-state index contributed by atoms with van der Waals surface area (Å²) < 4.78 is 65.8. The van der Waals surface area contributed by atoms with E-state index < -0.39 is 27.3 Å². The van der Waals surface area contributed by atoms with Crippen LogP contribution in [0.2, 0.25) is 0 Å². The second kappa shape index (κ2) is 7.06. The average molecular weight is 454 g/mol. The Kier molecular flexibility index (Phi) is 4.77. The molecule has 0 bridgehead atoms. The number of sulfone groups is 1. The first kappa shape index (κ1) is 20.3. The molecule has 7 nitrogen and oxygen atoms in total. The van der Waals surface area contributed by atoms with Gasteiger partial charge in [0.05, 0.1) is 11.3 Å². The van der Waals surface area contributed by atoms with Crippen molar-refractivity contribution in [2.45, 2.75) is 18.0 Å². The van der Waals surface area contributed by atoms with Crippen molar-refractivity contribution < 1.29 is 21.6 Å². The van der Waals surface area contributed by atoms with Gasteiger partial charge in [-0.2, -0.15) is 17.9 Å². The molecule has 0 amide bonds. The van der Waals surface area contributed by atoms with E-state index in [0.29, 0.717) is 20.8 Å². The number of rotatable bonds is 4. The monoisotopic (exact) mass is 454 g/mol. The molecule has 156 valence electrons. The Labute approximate surface area is 172 Å². The van der Waals surface area contributed by atoms with Crippen molar-refractivity contribution in [3.05, 3.63) is 64.2 Å². The molecular formula is C18H13F3N4O3S2. The van der Waals surface area contributed by atoms with Gasteiger partial charge in [0.2, 0.25) is 0 Å². The van der Waals surface area contributed by atoms with Crippen LogP contribution in [0.15, 0.2) is 57.8 Å². The van der Waals surface area contributed by atoms with E-state index in [0.717, 1.165) is 17.0 Å². The molecule has 0 saturated heterocycles. The topological polar surface area (TPSA) is 86.3 Å². The molecule has 0 aromatic carbocycles. The lowest BCUT2D eigenvalue weighted by molar-refractivity contribution is -0.137. The van der Waals surface area contributed by atoms with E-state index in [-0.39, 0.29) is 22.1 Å². The van der Waals surface area contributed by atoms with Crippen molar-refractivity contribution in [1.29, 1.82) is 0 Å². The largest absolute Gasteiger partial charge is 0.417 e. The zero-order valence-electron chi connectivity index (χ0n) is 15.3. The number of fused-ring (bicyclic) bond motifs is 1. The number of thiophene rings is 1. The molecule has 0 saturated carbocycles. The Morgan fingerprint density at radius 3 is 2.60 bits per heavy atom. The van der Waals surface area contributed by atoms with Gasteiger partial charge in [-0.25, -0.2) is 22.6 Å². The van der Waals surface area contributed by atoms with Crippen molar-refractivity contribution >= 4 is 26.8 Å². The summed E-state index contributed by atoms with van der Waals surface area (Å²) in [5.41, 5.74) is -1.52. The van der Waals surface area contributed by atoms with E-state index in [9.17, 15) is 26.4 Å².